The Labute approximate surface area is 106 Å². The number of hydrogen-bond acceptors (Lipinski definition) is 5. The van der Waals surface area contributed by atoms with Crippen LogP contribution in [0, 0.1) is 0 Å². The van der Waals surface area contributed by atoms with Crippen LogP contribution >= 0.6 is 11.8 Å². The van der Waals surface area contributed by atoms with Crippen LogP contribution in [0.2, 0.25) is 0 Å². The molecule has 0 bridgehead atoms. The van der Waals surface area contributed by atoms with E-state index in [1.54, 1.807) is 18.1 Å². The van der Waals surface area contributed by atoms with Gasteiger partial charge in [-0.15, -0.1) is 10.2 Å². The molecular weight excluding hydrogens is 236 g/mol. The number of ether oxygens (including phenoxy) is 1. The first-order valence-electron chi connectivity index (χ1n) is 6.09. The number of thioether (sulfide) groups is 1. The lowest BCUT2D eigenvalue weighted by Gasteiger charge is -2.19. The molecule has 1 aromatic heterocycles. The first-order valence-corrected chi connectivity index (χ1v) is 7.07. The van der Waals surface area contributed by atoms with E-state index in [9.17, 15) is 0 Å². The van der Waals surface area contributed by atoms with Crippen LogP contribution in [0.4, 0.5) is 0 Å². The molecule has 1 fully saturated rings. The molecule has 0 aromatic carbocycles. The summed E-state index contributed by atoms with van der Waals surface area (Å²) >= 11 is 1.72. The summed E-state index contributed by atoms with van der Waals surface area (Å²) in [5, 5.41) is 12.4. The quantitative estimate of drug-likeness (QED) is 0.609. The molecule has 2 unspecified atom stereocenters. The van der Waals surface area contributed by atoms with Gasteiger partial charge in [0.15, 0.2) is 5.16 Å². The number of nitrogens with zero attached hydrogens (tertiary/aromatic N) is 3. The minimum Gasteiger partial charge on any atom is -0.377 e. The van der Waals surface area contributed by atoms with Crippen molar-refractivity contribution in [2.75, 3.05) is 18.9 Å². The van der Waals surface area contributed by atoms with Crippen molar-refractivity contribution in [2.45, 2.75) is 37.1 Å². The van der Waals surface area contributed by atoms with Gasteiger partial charge in [0.2, 0.25) is 0 Å². The summed E-state index contributed by atoms with van der Waals surface area (Å²) in [5.74, 6) is 1.00. The van der Waals surface area contributed by atoms with E-state index in [0.29, 0.717) is 12.1 Å². The maximum absolute atomic E-state index is 5.64. The van der Waals surface area contributed by atoms with Crippen molar-refractivity contribution in [3.63, 3.8) is 0 Å². The van der Waals surface area contributed by atoms with E-state index in [1.807, 2.05) is 11.6 Å². The molecule has 0 amide bonds. The van der Waals surface area contributed by atoms with Crippen LogP contribution in [0.5, 0.6) is 0 Å². The lowest BCUT2D eigenvalue weighted by Crippen LogP contribution is -2.38. The third-order valence-corrected chi connectivity index (χ3v) is 4.03. The molecule has 6 heteroatoms. The molecule has 2 atom stereocenters. The van der Waals surface area contributed by atoms with Gasteiger partial charge >= 0.3 is 0 Å². The molecule has 0 spiro atoms. The van der Waals surface area contributed by atoms with Crippen molar-refractivity contribution in [1.29, 1.82) is 0 Å². The van der Waals surface area contributed by atoms with Crippen molar-refractivity contribution in [1.82, 2.24) is 20.1 Å². The standard InChI is InChI=1S/C11H20N4OS/c1-9(10-4-3-6-16-10)12-5-7-17-11-14-13-8-15(11)2/h8-10,12H,3-7H2,1-2H3. The van der Waals surface area contributed by atoms with Crippen LogP contribution in [0.1, 0.15) is 19.8 Å². The average molecular weight is 256 g/mol. The summed E-state index contributed by atoms with van der Waals surface area (Å²) in [6.45, 7) is 4.09. The predicted octanol–water partition coefficient (Wildman–Crippen LogP) is 1.06. The van der Waals surface area contributed by atoms with Crippen molar-refractivity contribution in [3.8, 4) is 0 Å². The van der Waals surface area contributed by atoms with Crippen molar-refractivity contribution in [3.05, 3.63) is 6.33 Å². The highest BCUT2D eigenvalue weighted by molar-refractivity contribution is 7.99. The zero-order chi connectivity index (χ0) is 12.1. The fourth-order valence-corrected chi connectivity index (χ4v) is 2.72. The molecule has 0 aliphatic carbocycles. The molecule has 2 heterocycles. The van der Waals surface area contributed by atoms with Gasteiger partial charge in [-0.25, -0.2) is 0 Å². The van der Waals surface area contributed by atoms with Gasteiger partial charge in [-0.3, -0.25) is 0 Å². The molecule has 1 aliphatic heterocycles. The van der Waals surface area contributed by atoms with Gasteiger partial charge in [-0.2, -0.15) is 0 Å². The Hall–Kier alpha value is -0.590. The van der Waals surface area contributed by atoms with Crippen LogP contribution in [-0.4, -0.2) is 45.8 Å². The molecule has 96 valence electrons. The highest BCUT2D eigenvalue weighted by atomic mass is 32.2. The summed E-state index contributed by atoms with van der Waals surface area (Å²) in [5.41, 5.74) is 0. The molecule has 1 aliphatic rings. The smallest absolute Gasteiger partial charge is 0.190 e. The molecule has 5 nitrogen and oxygen atoms in total. The zero-order valence-corrected chi connectivity index (χ0v) is 11.2. The summed E-state index contributed by atoms with van der Waals surface area (Å²) in [6, 6.07) is 0.442. The molecule has 0 radical (unpaired) electrons. The van der Waals surface area contributed by atoms with Crippen LogP contribution in [0.25, 0.3) is 0 Å². The normalized spacial score (nSPS) is 21.9. The van der Waals surface area contributed by atoms with E-state index >= 15 is 0 Å². The summed E-state index contributed by atoms with van der Waals surface area (Å²) < 4.78 is 7.58. The number of rotatable bonds is 6. The lowest BCUT2D eigenvalue weighted by molar-refractivity contribution is 0.0844. The second kappa shape index (κ2) is 6.37. The molecular formula is C11H20N4OS. The monoisotopic (exact) mass is 256 g/mol. The van der Waals surface area contributed by atoms with Gasteiger partial charge in [0, 0.05) is 32.0 Å². The fourth-order valence-electron chi connectivity index (χ4n) is 1.96. The second-order valence-corrected chi connectivity index (χ2v) is 5.43. The third kappa shape index (κ3) is 3.69. The Morgan fingerprint density at radius 3 is 3.24 bits per heavy atom. The van der Waals surface area contributed by atoms with Gasteiger partial charge in [0.25, 0.3) is 0 Å². The van der Waals surface area contributed by atoms with E-state index in [0.717, 1.165) is 24.1 Å². The lowest BCUT2D eigenvalue weighted by atomic mass is 10.1. The Bertz CT molecular complexity index is 338. The van der Waals surface area contributed by atoms with Crippen LogP contribution < -0.4 is 5.32 Å². The van der Waals surface area contributed by atoms with Gasteiger partial charge < -0.3 is 14.6 Å². The van der Waals surface area contributed by atoms with E-state index in [4.69, 9.17) is 4.74 Å². The third-order valence-electron chi connectivity index (χ3n) is 2.99. The zero-order valence-electron chi connectivity index (χ0n) is 10.4. The van der Waals surface area contributed by atoms with E-state index in [2.05, 4.69) is 22.4 Å². The second-order valence-electron chi connectivity index (χ2n) is 4.37. The Balaban J connectivity index is 1.61. The Morgan fingerprint density at radius 1 is 1.71 bits per heavy atom. The molecule has 1 aromatic rings. The van der Waals surface area contributed by atoms with E-state index < -0.39 is 0 Å². The summed E-state index contributed by atoms with van der Waals surface area (Å²) in [7, 11) is 1.96. The molecule has 1 N–H and O–H groups in total. The molecule has 17 heavy (non-hydrogen) atoms. The van der Waals surface area contributed by atoms with Crippen molar-refractivity contribution >= 4 is 11.8 Å². The maximum Gasteiger partial charge on any atom is 0.190 e. The highest BCUT2D eigenvalue weighted by Crippen LogP contribution is 2.16. The minimum atomic E-state index is 0.398. The predicted molar refractivity (Wildman–Crippen MR) is 68.2 cm³/mol. The topological polar surface area (TPSA) is 52.0 Å². The Morgan fingerprint density at radius 2 is 2.59 bits per heavy atom. The number of aromatic nitrogens is 3. The van der Waals surface area contributed by atoms with Gasteiger partial charge in [-0.05, 0) is 19.8 Å². The van der Waals surface area contributed by atoms with Crippen LogP contribution in [-0.2, 0) is 11.8 Å². The van der Waals surface area contributed by atoms with Crippen LogP contribution in [0.3, 0.4) is 0 Å². The first-order chi connectivity index (χ1) is 8.27. The molecule has 1 saturated heterocycles. The van der Waals surface area contributed by atoms with Crippen molar-refractivity contribution < 1.29 is 4.74 Å². The fraction of sp³-hybridized carbons (Fsp3) is 0.818. The first kappa shape index (κ1) is 12.9. The number of aryl methyl sites for hydroxylation is 1. The van der Waals surface area contributed by atoms with Gasteiger partial charge in [0.1, 0.15) is 6.33 Å². The average Bonchev–Trinajstić information content (AvgIpc) is 2.96. The largest absolute Gasteiger partial charge is 0.377 e. The van der Waals surface area contributed by atoms with Gasteiger partial charge in [0.05, 0.1) is 6.10 Å². The number of hydrogen-bond donors (Lipinski definition) is 1. The van der Waals surface area contributed by atoms with Crippen LogP contribution in [0.15, 0.2) is 11.5 Å². The Kier molecular flexibility index (Phi) is 4.82. The minimum absolute atomic E-state index is 0.398. The molecule has 2 rings (SSSR count). The summed E-state index contributed by atoms with van der Waals surface area (Å²) in [6.07, 6.45) is 4.51. The van der Waals surface area contributed by atoms with E-state index in [1.165, 1.54) is 12.8 Å². The molecule has 0 saturated carbocycles. The maximum atomic E-state index is 5.64. The summed E-state index contributed by atoms with van der Waals surface area (Å²) in [4.78, 5) is 0. The number of nitrogens with one attached hydrogen (secondary N) is 1. The van der Waals surface area contributed by atoms with E-state index in [-0.39, 0.29) is 0 Å². The SMILES string of the molecule is CC(NCCSc1nncn1C)C1CCCO1. The van der Waals surface area contributed by atoms with Gasteiger partial charge in [-0.1, -0.05) is 11.8 Å². The van der Waals surface area contributed by atoms with Crippen molar-refractivity contribution in [2.24, 2.45) is 7.05 Å². The highest BCUT2D eigenvalue weighted by Gasteiger charge is 2.21.